The Morgan fingerprint density at radius 3 is 2.30 bits per heavy atom. The number of aromatic nitrogens is 2. The van der Waals surface area contributed by atoms with Gasteiger partial charge in [-0.05, 0) is 47.8 Å². The van der Waals surface area contributed by atoms with Gasteiger partial charge in [-0.3, -0.25) is 0 Å². The van der Waals surface area contributed by atoms with E-state index in [1.807, 2.05) is 18.5 Å². The van der Waals surface area contributed by atoms with E-state index in [1.54, 1.807) is 0 Å². The molecule has 2 heterocycles. The largest absolute Gasteiger partial charge is 0.341 e. The molecule has 1 aliphatic heterocycles. The molecule has 1 fully saturated rings. The van der Waals surface area contributed by atoms with Crippen molar-refractivity contribution in [2.75, 3.05) is 18.0 Å². The van der Waals surface area contributed by atoms with E-state index in [0.29, 0.717) is 5.92 Å². The highest BCUT2D eigenvalue weighted by atomic mass is 15.2. The van der Waals surface area contributed by atoms with Crippen LogP contribution in [-0.4, -0.2) is 23.1 Å². The molecule has 1 aromatic carbocycles. The molecule has 0 saturated carbocycles. The SMILES string of the molecule is CC(C)(C)c1ccc(C2CCCN(c3ncccn3)CC2)cc1. The fourth-order valence-corrected chi connectivity index (χ4v) is 3.34. The van der Waals surface area contributed by atoms with Crippen molar-refractivity contribution < 1.29 is 0 Å². The zero-order chi connectivity index (χ0) is 16.3. The molecule has 3 nitrogen and oxygen atoms in total. The minimum atomic E-state index is 0.226. The van der Waals surface area contributed by atoms with E-state index in [1.165, 1.54) is 30.4 Å². The molecule has 0 spiro atoms. The zero-order valence-corrected chi connectivity index (χ0v) is 14.5. The van der Waals surface area contributed by atoms with Crippen molar-refractivity contribution >= 4 is 5.95 Å². The first-order valence-electron chi connectivity index (χ1n) is 8.66. The monoisotopic (exact) mass is 309 g/mol. The fourth-order valence-electron chi connectivity index (χ4n) is 3.34. The predicted octanol–water partition coefficient (Wildman–Crippen LogP) is 4.55. The molecule has 1 aromatic heterocycles. The van der Waals surface area contributed by atoms with E-state index in [-0.39, 0.29) is 5.41 Å². The van der Waals surface area contributed by atoms with Crippen molar-refractivity contribution in [2.24, 2.45) is 0 Å². The third kappa shape index (κ3) is 3.90. The molecule has 23 heavy (non-hydrogen) atoms. The van der Waals surface area contributed by atoms with Crippen LogP contribution in [0.5, 0.6) is 0 Å². The van der Waals surface area contributed by atoms with Gasteiger partial charge < -0.3 is 4.90 Å². The van der Waals surface area contributed by atoms with Crippen LogP contribution in [0.1, 0.15) is 57.1 Å². The summed E-state index contributed by atoms with van der Waals surface area (Å²) in [6, 6.07) is 11.2. The van der Waals surface area contributed by atoms with Crippen molar-refractivity contribution in [3.63, 3.8) is 0 Å². The van der Waals surface area contributed by atoms with Crippen molar-refractivity contribution in [3.05, 3.63) is 53.9 Å². The van der Waals surface area contributed by atoms with E-state index < -0.39 is 0 Å². The van der Waals surface area contributed by atoms with Gasteiger partial charge in [0.05, 0.1) is 0 Å². The molecule has 0 aliphatic carbocycles. The highest BCUT2D eigenvalue weighted by Gasteiger charge is 2.20. The maximum atomic E-state index is 4.40. The average Bonchev–Trinajstić information content (AvgIpc) is 2.81. The summed E-state index contributed by atoms with van der Waals surface area (Å²) in [6.07, 6.45) is 7.28. The topological polar surface area (TPSA) is 29.0 Å². The number of hydrogen-bond acceptors (Lipinski definition) is 3. The van der Waals surface area contributed by atoms with E-state index in [0.717, 1.165) is 19.0 Å². The van der Waals surface area contributed by atoms with Gasteiger partial charge in [0.25, 0.3) is 0 Å². The molecule has 3 rings (SSSR count). The third-order valence-corrected chi connectivity index (χ3v) is 4.81. The molecule has 2 aromatic rings. The first-order chi connectivity index (χ1) is 11.0. The summed E-state index contributed by atoms with van der Waals surface area (Å²) >= 11 is 0. The number of anilines is 1. The minimum Gasteiger partial charge on any atom is -0.341 e. The Morgan fingerprint density at radius 2 is 1.65 bits per heavy atom. The van der Waals surface area contributed by atoms with Gasteiger partial charge in [-0.1, -0.05) is 45.0 Å². The van der Waals surface area contributed by atoms with Gasteiger partial charge in [0, 0.05) is 25.5 Å². The molecule has 0 N–H and O–H groups in total. The molecule has 0 bridgehead atoms. The summed E-state index contributed by atoms with van der Waals surface area (Å²) in [5, 5.41) is 0. The second-order valence-electron chi connectivity index (χ2n) is 7.54. The van der Waals surface area contributed by atoms with Crippen molar-refractivity contribution in [1.82, 2.24) is 9.97 Å². The van der Waals surface area contributed by atoms with Crippen LogP contribution in [0.15, 0.2) is 42.7 Å². The molecule has 0 amide bonds. The van der Waals surface area contributed by atoms with Crippen LogP contribution < -0.4 is 4.90 Å². The molecule has 1 saturated heterocycles. The zero-order valence-electron chi connectivity index (χ0n) is 14.5. The summed E-state index contributed by atoms with van der Waals surface area (Å²) in [5.74, 6) is 1.52. The van der Waals surface area contributed by atoms with Gasteiger partial charge in [0.1, 0.15) is 0 Å². The maximum Gasteiger partial charge on any atom is 0.225 e. The summed E-state index contributed by atoms with van der Waals surface area (Å²) in [4.78, 5) is 11.1. The Bertz CT molecular complexity index is 614. The number of rotatable bonds is 2. The predicted molar refractivity (Wildman–Crippen MR) is 96.0 cm³/mol. The summed E-state index contributed by atoms with van der Waals surface area (Å²) < 4.78 is 0. The van der Waals surface area contributed by atoms with Crippen molar-refractivity contribution in [3.8, 4) is 0 Å². The highest BCUT2D eigenvalue weighted by Crippen LogP contribution is 2.31. The van der Waals surface area contributed by atoms with Crippen LogP contribution in [0.25, 0.3) is 0 Å². The van der Waals surface area contributed by atoms with Crippen LogP contribution in [0, 0.1) is 0 Å². The van der Waals surface area contributed by atoms with Gasteiger partial charge in [0.15, 0.2) is 0 Å². The van der Waals surface area contributed by atoms with Gasteiger partial charge in [0.2, 0.25) is 5.95 Å². The van der Waals surface area contributed by atoms with Crippen molar-refractivity contribution in [1.29, 1.82) is 0 Å². The second-order valence-corrected chi connectivity index (χ2v) is 7.54. The molecular weight excluding hydrogens is 282 g/mol. The van der Waals surface area contributed by atoms with E-state index in [9.17, 15) is 0 Å². The first-order valence-corrected chi connectivity index (χ1v) is 8.66. The molecular formula is C20H27N3. The van der Waals surface area contributed by atoms with Gasteiger partial charge in [-0.15, -0.1) is 0 Å². The quantitative estimate of drug-likeness (QED) is 0.815. The normalized spacial score (nSPS) is 19.4. The van der Waals surface area contributed by atoms with E-state index >= 15 is 0 Å². The van der Waals surface area contributed by atoms with E-state index in [4.69, 9.17) is 0 Å². The Balaban J connectivity index is 1.68. The number of nitrogens with zero attached hydrogens (tertiary/aromatic N) is 3. The standard InChI is InChI=1S/C20H27N3/c1-20(2,3)18-9-7-17(8-10-18)16-6-4-14-23(15-11-16)19-21-12-5-13-22-19/h5,7-10,12-13,16H,4,6,11,14-15H2,1-3H3. The molecule has 1 unspecified atom stereocenters. The molecule has 1 atom stereocenters. The molecule has 122 valence electrons. The van der Waals surface area contributed by atoms with Crippen LogP contribution in [0.2, 0.25) is 0 Å². The number of benzene rings is 1. The average molecular weight is 309 g/mol. The third-order valence-electron chi connectivity index (χ3n) is 4.81. The summed E-state index contributed by atoms with van der Waals surface area (Å²) in [5.41, 5.74) is 3.12. The Morgan fingerprint density at radius 1 is 0.957 bits per heavy atom. The first kappa shape index (κ1) is 16.0. The summed E-state index contributed by atoms with van der Waals surface area (Å²) in [7, 11) is 0. The Kier molecular flexibility index (Phi) is 4.65. The molecule has 0 radical (unpaired) electrons. The lowest BCUT2D eigenvalue weighted by molar-refractivity contribution is 0.585. The molecule has 1 aliphatic rings. The van der Waals surface area contributed by atoms with Crippen LogP contribution in [0.4, 0.5) is 5.95 Å². The van der Waals surface area contributed by atoms with Gasteiger partial charge >= 0.3 is 0 Å². The maximum absolute atomic E-state index is 4.40. The minimum absolute atomic E-state index is 0.226. The van der Waals surface area contributed by atoms with E-state index in [2.05, 4.69) is 59.9 Å². The lowest BCUT2D eigenvalue weighted by Gasteiger charge is -2.21. The Labute approximate surface area is 139 Å². The second kappa shape index (κ2) is 6.69. The van der Waals surface area contributed by atoms with Gasteiger partial charge in [-0.2, -0.15) is 0 Å². The van der Waals surface area contributed by atoms with Gasteiger partial charge in [-0.25, -0.2) is 9.97 Å². The smallest absolute Gasteiger partial charge is 0.225 e. The highest BCUT2D eigenvalue weighted by molar-refractivity contribution is 5.32. The van der Waals surface area contributed by atoms with Crippen LogP contribution in [0.3, 0.4) is 0 Å². The molecule has 3 heteroatoms. The number of hydrogen-bond donors (Lipinski definition) is 0. The summed E-state index contributed by atoms with van der Waals surface area (Å²) in [6.45, 7) is 8.90. The van der Waals surface area contributed by atoms with Crippen LogP contribution >= 0.6 is 0 Å². The van der Waals surface area contributed by atoms with Crippen LogP contribution in [-0.2, 0) is 5.41 Å². The van der Waals surface area contributed by atoms with Crippen molar-refractivity contribution in [2.45, 2.75) is 51.4 Å². The lowest BCUT2D eigenvalue weighted by Crippen LogP contribution is -2.26. The lowest BCUT2D eigenvalue weighted by atomic mass is 9.84. The Hall–Kier alpha value is -1.90. The fraction of sp³-hybridized carbons (Fsp3) is 0.500.